The number of pyridine rings is 1. The summed E-state index contributed by atoms with van der Waals surface area (Å²) in [7, 11) is 0. The van der Waals surface area contributed by atoms with E-state index in [2.05, 4.69) is 15.6 Å². The molecule has 1 saturated heterocycles. The number of imide groups is 2. The van der Waals surface area contributed by atoms with Gasteiger partial charge in [0.05, 0.1) is 5.69 Å². The maximum absolute atomic E-state index is 13.2. The zero-order valence-corrected chi connectivity index (χ0v) is 19.3. The lowest BCUT2D eigenvalue weighted by molar-refractivity contribution is -0.122. The molecule has 0 unspecified atom stereocenters. The quantitative estimate of drug-likeness (QED) is 0.335. The summed E-state index contributed by atoms with van der Waals surface area (Å²) in [6.45, 7) is 2.00. The Hall–Kier alpha value is -5.05. The van der Waals surface area contributed by atoms with Crippen LogP contribution in [0.1, 0.15) is 11.1 Å². The number of aromatic nitrogens is 2. The maximum Gasteiger partial charge on any atom is 0.335 e. The highest BCUT2D eigenvalue weighted by Gasteiger charge is 2.37. The molecule has 1 aliphatic heterocycles. The zero-order valence-electron chi connectivity index (χ0n) is 19.3. The number of para-hydroxylation sites is 1. The van der Waals surface area contributed by atoms with Gasteiger partial charge in [0, 0.05) is 40.7 Å². The molecule has 0 atom stereocenters. The van der Waals surface area contributed by atoms with Crippen LogP contribution in [0.5, 0.6) is 0 Å². The van der Waals surface area contributed by atoms with Crippen LogP contribution in [0.3, 0.4) is 0 Å². The van der Waals surface area contributed by atoms with Gasteiger partial charge in [-0.1, -0.05) is 35.9 Å². The van der Waals surface area contributed by atoms with Crippen molar-refractivity contribution in [3.05, 3.63) is 96.0 Å². The number of fused-ring (bicyclic) bond motifs is 1. The Morgan fingerprint density at radius 2 is 1.72 bits per heavy atom. The van der Waals surface area contributed by atoms with Crippen molar-refractivity contribution in [3.63, 3.8) is 0 Å². The molecule has 9 heteroatoms. The Morgan fingerprint density at radius 1 is 1.00 bits per heavy atom. The second-order valence-corrected chi connectivity index (χ2v) is 8.31. The highest BCUT2D eigenvalue weighted by molar-refractivity contribution is 6.39. The third-order valence-corrected chi connectivity index (χ3v) is 5.79. The van der Waals surface area contributed by atoms with Crippen molar-refractivity contribution in [1.82, 2.24) is 14.9 Å². The van der Waals surface area contributed by atoms with Crippen molar-refractivity contribution in [1.29, 1.82) is 0 Å². The highest BCUT2D eigenvalue weighted by atomic mass is 16.2. The van der Waals surface area contributed by atoms with Crippen molar-refractivity contribution in [2.24, 2.45) is 0 Å². The predicted octanol–water partition coefficient (Wildman–Crippen LogP) is 3.65. The van der Waals surface area contributed by atoms with E-state index in [0.717, 1.165) is 21.4 Å². The van der Waals surface area contributed by atoms with Crippen LogP contribution in [-0.2, 0) is 20.9 Å². The molecule has 0 spiro atoms. The van der Waals surface area contributed by atoms with Crippen LogP contribution < -0.4 is 15.5 Å². The standard InChI is InChI=1S/C27H21N5O4/c1-17-6-8-19(9-7-17)29-24(33)16-31-15-18(21-4-2-3-5-23(21)31)14-22-25(34)30-27(36)32(26(22)35)20-10-12-28-13-11-20/h2-15H,16H2,1H3,(H,29,33)(H,30,34,36)/b22-14+. The van der Waals surface area contributed by atoms with Gasteiger partial charge in [0.15, 0.2) is 0 Å². The summed E-state index contributed by atoms with van der Waals surface area (Å²) in [6, 6.07) is 17.0. The lowest BCUT2D eigenvalue weighted by Gasteiger charge is -2.26. The summed E-state index contributed by atoms with van der Waals surface area (Å²) in [5.74, 6) is -1.76. The number of carbonyl (C=O) groups is 4. The molecule has 9 nitrogen and oxygen atoms in total. The number of hydrogen-bond donors (Lipinski definition) is 2. The number of rotatable bonds is 5. The zero-order chi connectivity index (χ0) is 25.2. The van der Waals surface area contributed by atoms with E-state index < -0.39 is 17.8 Å². The largest absolute Gasteiger partial charge is 0.337 e. The lowest BCUT2D eigenvalue weighted by atomic mass is 10.1. The van der Waals surface area contributed by atoms with Gasteiger partial charge >= 0.3 is 6.03 Å². The van der Waals surface area contributed by atoms with E-state index in [4.69, 9.17) is 0 Å². The Labute approximate surface area is 206 Å². The first-order valence-corrected chi connectivity index (χ1v) is 11.2. The average Bonchev–Trinajstić information content (AvgIpc) is 3.20. The van der Waals surface area contributed by atoms with Crippen LogP contribution >= 0.6 is 0 Å². The number of aryl methyl sites for hydroxylation is 1. The summed E-state index contributed by atoms with van der Waals surface area (Å²) in [5, 5.41) is 5.84. The molecule has 3 heterocycles. The minimum absolute atomic E-state index is 0.0271. The third kappa shape index (κ3) is 4.37. The molecule has 1 fully saturated rings. The van der Waals surface area contributed by atoms with E-state index in [1.165, 1.54) is 30.6 Å². The summed E-state index contributed by atoms with van der Waals surface area (Å²) in [5.41, 5.74) is 3.20. The lowest BCUT2D eigenvalue weighted by Crippen LogP contribution is -2.54. The van der Waals surface area contributed by atoms with E-state index >= 15 is 0 Å². The smallest absolute Gasteiger partial charge is 0.335 e. The Balaban J connectivity index is 1.47. The second-order valence-electron chi connectivity index (χ2n) is 8.31. The molecule has 1 aliphatic rings. The fourth-order valence-corrected chi connectivity index (χ4v) is 4.05. The van der Waals surface area contributed by atoms with Gasteiger partial charge in [0.25, 0.3) is 11.8 Å². The maximum atomic E-state index is 13.2. The van der Waals surface area contributed by atoms with Crippen LogP contribution in [0.2, 0.25) is 0 Å². The number of urea groups is 1. The summed E-state index contributed by atoms with van der Waals surface area (Å²) >= 11 is 0. The van der Waals surface area contributed by atoms with Gasteiger partial charge < -0.3 is 9.88 Å². The van der Waals surface area contributed by atoms with Crippen molar-refractivity contribution >= 4 is 52.1 Å². The predicted molar refractivity (Wildman–Crippen MR) is 135 cm³/mol. The molecule has 0 bridgehead atoms. The van der Waals surface area contributed by atoms with Crippen molar-refractivity contribution < 1.29 is 19.2 Å². The Kier molecular flexibility index (Phi) is 5.87. The first-order valence-electron chi connectivity index (χ1n) is 11.2. The Morgan fingerprint density at radius 3 is 2.47 bits per heavy atom. The molecule has 0 saturated carbocycles. The molecule has 2 aromatic carbocycles. The van der Waals surface area contributed by atoms with Gasteiger partial charge in [0.1, 0.15) is 12.1 Å². The van der Waals surface area contributed by atoms with E-state index in [0.29, 0.717) is 16.9 Å². The molecule has 36 heavy (non-hydrogen) atoms. The summed E-state index contributed by atoms with van der Waals surface area (Å²) in [4.78, 5) is 55.7. The average molecular weight is 479 g/mol. The topological polar surface area (TPSA) is 113 Å². The van der Waals surface area contributed by atoms with E-state index in [-0.39, 0.29) is 18.0 Å². The molecular weight excluding hydrogens is 458 g/mol. The number of nitrogens with one attached hydrogen (secondary N) is 2. The molecule has 2 N–H and O–H groups in total. The van der Waals surface area contributed by atoms with Crippen LogP contribution in [0.4, 0.5) is 16.2 Å². The van der Waals surface area contributed by atoms with E-state index in [1.807, 2.05) is 55.5 Å². The number of amides is 5. The van der Waals surface area contributed by atoms with E-state index in [9.17, 15) is 19.2 Å². The fraction of sp³-hybridized carbons (Fsp3) is 0.0741. The first kappa shape index (κ1) is 22.7. The normalized spacial score (nSPS) is 14.9. The first-order chi connectivity index (χ1) is 17.4. The molecule has 2 aromatic heterocycles. The minimum Gasteiger partial charge on any atom is -0.337 e. The SMILES string of the molecule is Cc1ccc(NC(=O)Cn2cc(/C=C3\C(=O)NC(=O)N(c4ccncc4)C3=O)c3ccccc32)cc1. The van der Waals surface area contributed by atoms with Gasteiger partial charge in [-0.05, 0) is 43.3 Å². The highest BCUT2D eigenvalue weighted by Crippen LogP contribution is 2.26. The van der Waals surface area contributed by atoms with Crippen molar-refractivity contribution in [3.8, 4) is 0 Å². The monoisotopic (exact) mass is 479 g/mol. The summed E-state index contributed by atoms with van der Waals surface area (Å²) in [6.07, 6.45) is 6.05. The number of hydrogen-bond acceptors (Lipinski definition) is 5. The molecule has 5 amide bonds. The fourth-order valence-electron chi connectivity index (χ4n) is 4.05. The van der Waals surface area contributed by atoms with Gasteiger partial charge in [-0.15, -0.1) is 0 Å². The molecule has 0 aliphatic carbocycles. The molecule has 0 radical (unpaired) electrons. The van der Waals surface area contributed by atoms with Gasteiger partial charge in [-0.3, -0.25) is 24.7 Å². The number of anilines is 2. The van der Waals surface area contributed by atoms with Crippen molar-refractivity contribution in [2.75, 3.05) is 10.2 Å². The van der Waals surface area contributed by atoms with Crippen LogP contribution in [0.25, 0.3) is 17.0 Å². The minimum atomic E-state index is -0.830. The van der Waals surface area contributed by atoms with Gasteiger partial charge in [0.2, 0.25) is 5.91 Å². The van der Waals surface area contributed by atoms with Crippen molar-refractivity contribution in [2.45, 2.75) is 13.5 Å². The number of barbiturate groups is 1. The van der Waals surface area contributed by atoms with Gasteiger partial charge in [-0.2, -0.15) is 0 Å². The molecule has 5 rings (SSSR count). The molecule has 178 valence electrons. The van der Waals surface area contributed by atoms with E-state index in [1.54, 1.807) is 10.8 Å². The number of benzene rings is 2. The van der Waals surface area contributed by atoms with Crippen LogP contribution in [0.15, 0.2) is 84.8 Å². The molecular formula is C27H21N5O4. The third-order valence-electron chi connectivity index (χ3n) is 5.79. The van der Waals surface area contributed by atoms with Crippen LogP contribution in [-0.4, -0.2) is 33.3 Å². The van der Waals surface area contributed by atoms with Crippen LogP contribution in [0, 0.1) is 6.92 Å². The Bertz CT molecular complexity index is 1540. The van der Waals surface area contributed by atoms with Gasteiger partial charge in [-0.25, -0.2) is 9.69 Å². The summed E-state index contributed by atoms with van der Waals surface area (Å²) < 4.78 is 1.75. The second kappa shape index (κ2) is 9.30. The number of carbonyl (C=O) groups excluding carboxylic acids is 4. The number of nitrogens with zero attached hydrogens (tertiary/aromatic N) is 3. The molecule has 4 aromatic rings.